The molecule has 0 spiro atoms. The van der Waals surface area contributed by atoms with Crippen LogP contribution in [-0.2, 0) is 6.54 Å². The molecule has 6 heteroatoms. The van der Waals surface area contributed by atoms with Crippen LogP contribution < -0.4 is 5.32 Å². The van der Waals surface area contributed by atoms with E-state index in [4.69, 9.17) is 0 Å². The van der Waals surface area contributed by atoms with Crippen molar-refractivity contribution >= 4 is 5.91 Å². The highest BCUT2D eigenvalue weighted by Crippen LogP contribution is 2.11. The number of rotatable bonds is 7. The van der Waals surface area contributed by atoms with Gasteiger partial charge < -0.3 is 15.0 Å². The van der Waals surface area contributed by atoms with Crippen LogP contribution in [0.3, 0.4) is 0 Å². The Morgan fingerprint density at radius 3 is 2.84 bits per heavy atom. The third-order valence-corrected chi connectivity index (χ3v) is 2.82. The van der Waals surface area contributed by atoms with Crippen molar-refractivity contribution in [3.05, 3.63) is 24.0 Å². The molecule has 1 aromatic heterocycles. The highest BCUT2D eigenvalue weighted by molar-refractivity contribution is 5.92. The highest BCUT2D eigenvalue weighted by atomic mass is 19.3. The number of aliphatic hydroxyl groups is 1. The van der Waals surface area contributed by atoms with Gasteiger partial charge in [-0.05, 0) is 25.5 Å². The summed E-state index contributed by atoms with van der Waals surface area (Å²) in [7, 11) is 0. The predicted octanol–water partition coefficient (Wildman–Crippen LogP) is 2.03. The van der Waals surface area contributed by atoms with E-state index in [2.05, 4.69) is 5.32 Å². The maximum Gasteiger partial charge on any atom is 0.268 e. The number of nitrogens with zero attached hydrogens (tertiary/aromatic N) is 1. The molecule has 0 aliphatic carbocycles. The number of aromatic nitrogens is 1. The highest BCUT2D eigenvalue weighted by Gasteiger charge is 2.21. The standard InChI is InChI=1S/C13H20F2N2O2/c1-3-6-13(2,19)9-16-12(18)10-5-4-7-17(10)8-11(14)15/h4-5,7,11,19H,3,6,8-9H2,1-2H3,(H,16,18). The van der Waals surface area contributed by atoms with Gasteiger partial charge in [-0.2, -0.15) is 0 Å². The van der Waals surface area contributed by atoms with Gasteiger partial charge in [0.2, 0.25) is 0 Å². The topological polar surface area (TPSA) is 54.3 Å². The molecule has 0 aliphatic rings. The van der Waals surface area contributed by atoms with Crippen LogP contribution in [0.4, 0.5) is 8.78 Å². The first-order valence-electron chi connectivity index (χ1n) is 6.29. The molecule has 0 saturated carbocycles. The first-order valence-corrected chi connectivity index (χ1v) is 6.29. The third-order valence-electron chi connectivity index (χ3n) is 2.82. The van der Waals surface area contributed by atoms with E-state index >= 15 is 0 Å². The fourth-order valence-corrected chi connectivity index (χ4v) is 1.92. The summed E-state index contributed by atoms with van der Waals surface area (Å²) in [6, 6.07) is 3.02. The number of amides is 1. The molecule has 0 radical (unpaired) electrons. The molecule has 108 valence electrons. The van der Waals surface area contributed by atoms with Crippen LogP contribution in [0.15, 0.2) is 18.3 Å². The van der Waals surface area contributed by atoms with Crippen molar-refractivity contribution in [2.24, 2.45) is 0 Å². The zero-order valence-electron chi connectivity index (χ0n) is 11.2. The summed E-state index contributed by atoms with van der Waals surface area (Å²) in [5, 5.41) is 12.5. The molecule has 0 bridgehead atoms. The molecule has 0 aliphatic heterocycles. The number of carbonyl (C=O) groups excluding carboxylic acids is 1. The van der Waals surface area contributed by atoms with Crippen molar-refractivity contribution in [3.63, 3.8) is 0 Å². The van der Waals surface area contributed by atoms with Gasteiger partial charge in [-0.25, -0.2) is 8.78 Å². The van der Waals surface area contributed by atoms with Gasteiger partial charge >= 0.3 is 0 Å². The minimum Gasteiger partial charge on any atom is -0.388 e. The van der Waals surface area contributed by atoms with Gasteiger partial charge in [0.25, 0.3) is 12.3 Å². The van der Waals surface area contributed by atoms with Gasteiger partial charge in [0.15, 0.2) is 0 Å². The zero-order chi connectivity index (χ0) is 14.5. The number of hydrogen-bond donors (Lipinski definition) is 2. The van der Waals surface area contributed by atoms with Gasteiger partial charge in [-0.15, -0.1) is 0 Å². The number of nitrogens with one attached hydrogen (secondary N) is 1. The predicted molar refractivity (Wildman–Crippen MR) is 68.3 cm³/mol. The molecule has 4 nitrogen and oxygen atoms in total. The number of carbonyl (C=O) groups is 1. The molecule has 1 amide bonds. The van der Waals surface area contributed by atoms with Crippen LogP contribution in [0.5, 0.6) is 0 Å². The number of hydrogen-bond acceptors (Lipinski definition) is 2. The van der Waals surface area contributed by atoms with E-state index < -0.39 is 24.5 Å². The van der Waals surface area contributed by atoms with Gasteiger partial charge in [-0.1, -0.05) is 13.3 Å². The molecule has 0 fully saturated rings. The fourth-order valence-electron chi connectivity index (χ4n) is 1.92. The Kier molecular flexibility index (Phi) is 5.47. The summed E-state index contributed by atoms with van der Waals surface area (Å²) in [6.45, 7) is 3.15. The molecular formula is C13H20F2N2O2. The molecule has 1 heterocycles. The maximum atomic E-state index is 12.3. The summed E-state index contributed by atoms with van der Waals surface area (Å²) in [5.41, 5.74) is -0.808. The Morgan fingerprint density at radius 1 is 1.58 bits per heavy atom. The van der Waals surface area contributed by atoms with Crippen molar-refractivity contribution in [2.75, 3.05) is 6.54 Å². The summed E-state index contributed by atoms with van der Waals surface area (Å²) in [4.78, 5) is 11.9. The van der Waals surface area contributed by atoms with Gasteiger partial charge in [0.1, 0.15) is 5.69 Å². The second-order valence-electron chi connectivity index (χ2n) is 4.87. The molecule has 19 heavy (non-hydrogen) atoms. The van der Waals surface area contributed by atoms with Crippen LogP contribution in [0, 0.1) is 0 Å². The average molecular weight is 274 g/mol. The van der Waals surface area contributed by atoms with Crippen LogP contribution in [-0.4, -0.2) is 34.2 Å². The minimum absolute atomic E-state index is 0.0968. The Labute approximate surface area is 111 Å². The van der Waals surface area contributed by atoms with Crippen molar-refractivity contribution in [1.82, 2.24) is 9.88 Å². The molecular weight excluding hydrogens is 254 g/mol. The van der Waals surface area contributed by atoms with Crippen molar-refractivity contribution in [1.29, 1.82) is 0 Å². The molecule has 1 rings (SSSR count). The normalized spacial score (nSPS) is 14.4. The lowest BCUT2D eigenvalue weighted by Gasteiger charge is -2.23. The SMILES string of the molecule is CCCC(C)(O)CNC(=O)c1cccn1CC(F)F. The van der Waals surface area contributed by atoms with Gasteiger partial charge in [0.05, 0.1) is 12.1 Å². The maximum absolute atomic E-state index is 12.3. The zero-order valence-corrected chi connectivity index (χ0v) is 11.2. The molecule has 1 unspecified atom stereocenters. The summed E-state index contributed by atoms with van der Waals surface area (Å²) >= 11 is 0. The molecule has 1 aromatic rings. The second-order valence-corrected chi connectivity index (χ2v) is 4.87. The molecule has 0 saturated heterocycles. The fraction of sp³-hybridized carbons (Fsp3) is 0.615. The van der Waals surface area contributed by atoms with Gasteiger partial charge in [0, 0.05) is 12.7 Å². The number of alkyl halides is 2. The lowest BCUT2D eigenvalue weighted by Crippen LogP contribution is -2.41. The molecule has 2 N–H and O–H groups in total. The quantitative estimate of drug-likeness (QED) is 0.799. The van der Waals surface area contributed by atoms with Crippen LogP contribution in [0.1, 0.15) is 37.2 Å². The van der Waals surface area contributed by atoms with E-state index in [9.17, 15) is 18.7 Å². The van der Waals surface area contributed by atoms with E-state index in [1.807, 2.05) is 6.92 Å². The van der Waals surface area contributed by atoms with E-state index in [0.29, 0.717) is 6.42 Å². The monoisotopic (exact) mass is 274 g/mol. The average Bonchev–Trinajstić information content (AvgIpc) is 2.73. The van der Waals surface area contributed by atoms with Crippen LogP contribution >= 0.6 is 0 Å². The van der Waals surface area contributed by atoms with Crippen LogP contribution in [0.25, 0.3) is 0 Å². The largest absolute Gasteiger partial charge is 0.388 e. The number of halogens is 2. The van der Waals surface area contributed by atoms with Crippen LogP contribution in [0.2, 0.25) is 0 Å². The lowest BCUT2D eigenvalue weighted by atomic mass is 10.0. The Balaban J connectivity index is 2.61. The molecule has 1 atom stereocenters. The summed E-state index contributed by atoms with van der Waals surface area (Å²) in [5.74, 6) is -0.456. The van der Waals surface area contributed by atoms with E-state index in [0.717, 1.165) is 6.42 Å². The first-order chi connectivity index (χ1) is 8.85. The summed E-state index contributed by atoms with van der Waals surface area (Å²) in [6.07, 6.45) is 0.281. The minimum atomic E-state index is -2.51. The van der Waals surface area contributed by atoms with E-state index in [1.165, 1.54) is 16.8 Å². The molecule has 0 aromatic carbocycles. The van der Waals surface area contributed by atoms with Crippen molar-refractivity contribution < 1.29 is 18.7 Å². The van der Waals surface area contributed by atoms with Gasteiger partial charge in [-0.3, -0.25) is 4.79 Å². The Bertz CT molecular complexity index is 417. The van der Waals surface area contributed by atoms with Crippen molar-refractivity contribution in [2.45, 2.75) is 45.3 Å². The van der Waals surface area contributed by atoms with Crippen molar-refractivity contribution in [3.8, 4) is 0 Å². The summed E-state index contributed by atoms with van der Waals surface area (Å²) < 4.78 is 25.9. The van der Waals surface area contributed by atoms with E-state index in [1.54, 1.807) is 13.0 Å². The van der Waals surface area contributed by atoms with E-state index in [-0.39, 0.29) is 12.2 Å². The first kappa shape index (κ1) is 15.6. The smallest absolute Gasteiger partial charge is 0.268 e. The third kappa shape index (κ3) is 4.98. The lowest BCUT2D eigenvalue weighted by molar-refractivity contribution is 0.0466. The Hall–Kier alpha value is -1.43. The Morgan fingerprint density at radius 2 is 2.26 bits per heavy atom. The second kappa shape index (κ2) is 6.65.